The summed E-state index contributed by atoms with van der Waals surface area (Å²) in [7, 11) is 1.82. The molecule has 0 radical (unpaired) electrons. The molecule has 0 bridgehead atoms. The Morgan fingerprint density at radius 3 is 2.60 bits per heavy atom. The van der Waals surface area contributed by atoms with Gasteiger partial charge in [0, 0.05) is 25.0 Å². The fraction of sp³-hybridized carbons (Fsp3) is 1.00. The Kier molecular flexibility index (Phi) is 2.63. The zero-order valence-electron chi connectivity index (χ0n) is 10.4. The van der Waals surface area contributed by atoms with Crippen molar-refractivity contribution >= 4 is 0 Å². The van der Waals surface area contributed by atoms with Crippen molar-refractivity contribution in [3.63, 3.8) is 0 Å². The molecule has 2 saturated carbocycles. The van der Waals surface area contributed by atoms with Crippen LogP contribution in [0.4, 0.5) is 0 Å². The summed E-state index contributed by atoms with van der Waals surface area (Å²) in [4.78, 5) is 0. The summed E-state index contributed by atoms with van der Waals surface area (Å²) in [5.74, 6) is 1.88. The minimum atomic E-state index is -0.00502. The fourth-order valence-electron chi connectivity index (χ4n) is 3.94. The number of rotatable bonds is 3. The zero-order chi connectivity index (χ0) is 11.3. The lowest BCUT2D eigenvalue weighted by Crippen LogP contribution is -2.32. The highest BCUT2D eigenvalue weighted by Crippen LogP contribution is 2.71. The van der Waals surface area contributed by atoms with Crippen molar-refractivity contribution in [1.29, 1.82) is 0 Å². The van der Waals surface area contributed by atoms with E-state index in [1.807, 2.05) is 7.11 Å². The lowest BCUT2D eigenvalue weighted by molar-refractivity contribution is -0.0130. The Morgan fingerprint density at radius 2 is 2.13 bits per heavy atom. The highest BCUT2D eigenvalue weighted by molar-refractivity contribution is 5.24. The topological polar surface area (TPSA) is 29.5 Å². The van der Waals surface area contributed by atoms with E-state index in [1.54, 1.807) is 0 Å². The minimum Gasteiger partial charge on any atom is -0.396 e. The van der Waals surface area contributed by atoms with Crippen LogP contribution in [0.15, 0.2) is 0 Å². The molecule has 2 aliphatic rings. The van der Waals surface area contributed by atoms with Gasteiger partial charge in [-0.05, 0) is 31.1 Å². The molecule has 0 unspecified atom stereocenters. The van der Waals surface area contributed by atoms with E-state index in [1.165, 1.54) is 12.8 Å². The predicted octanol–water partition coefficient (Wildman–Crippen LogP) is 2.46. The van der Waals surface area contributed by atoms with Crippen LogP contribution in [0.1, 0.15) is 40.0 Å². The maximum Gasteiger partial charge on any atom is 0.0795 e. The number of aliphatic hydroxyl groups excluding tert-OH is 1. The average molecular weight is 212 g/mol. The number of aliphatic hydroxyl groups is 1. The normalized spacial score (nSPS) is 49.2. The van der Waals surface area contributed by atoms with Gasteiger partial charge in [-0.15, -0.1) is 0 Å². The lowest BCUT2D eigenvalue weighted by atomic mass is 9.76. The summed E-state index contributed by atoms with van der Waals surface area (Å²) in [5, 5.41) is 9.44. The summed E-state index contributed by atoms with van der Waals surface area (Å²) in [5.41, 5.74) is 0.247. The summed E-state index contributed by atoms with van der Waals surface area (Å²) in [6, 6.07) is 0. The molecule has 15 heavy (non-hydrogen) atoms. The first-order chi connectivity index (χ1) is 7.02. The molecule has 0 aromatic rings. The molecule has 0 aromatic carbocycles. The SMILES string of the molecule is CO[C@]12C[C@H](C(C)C)CC[C@@]1(C)[C@H]2CO. The molecule has 88 valence electrons. The number of hydrogen-bond acceptors (Lipinski definition) is 2. The molecule has 0 aliphatic heterocycles. The molecule has 0 amide bonds. The number of ether oxygens (including phenoxy) is 1. The van der Waals surface area contributed by atoms with Crippen LogP contribution in [0.2, 0.25) is 0 Å². The Hall–Kier alpha value is -0.0800. The van der Waals surface area contributed by atoms with E-state index in [-0.39, 0.29) is 17.6 Å². The molecular formula is C13H24O2. The van der Waals surface area contributed by atoms with Crippen LogP contribution < -0.4 is 0 Å². The third-order valence-electron chi connectivity index (χ3n) is 5.30. The molecule has 1 N–H and O–H groups in total. The van der Waals surface area contributed by atoms with Gasteiger partial charge in [0.1, 0.15) is 0 Å². The predicted molar refractivity (Wildman–Crippen MR) is 60.6 cm³/mol. The van der Waals surface area contributed by atoms with Gasteiger partial charge >= 0.3 is 0 Å². The van der Waals surface area contributed by atoms with Crippen molar-refractivity contribution in [3.05, 3.63) is 0 Å². The van der Waals surface area contributed by atoms with Gasteiger partial charge in [0.25, 0.3) is 0 Å². The van der Waals surface area contributed by atoms with E-state index < -0.39 is 0 Å². The van der Waals surface area contributed by atoms with Crippen molar-refractivity contribution in [2.24, 2.45) is 23.2 Å². The van der Waals surface area contributed by atoms with Crippen molar-refractivity contribution in [3.8, 4) is 0 Å². The van der Waals surface area contributed by atoms with Gasteiger partial charge in [-0.1, -0.05) is 20.8 Å². The van der Waals surface area contributed by atoms with Gasteiger partial charge in [-0.3, -0.25) is 0 Å². The summed E-state index contributed by atoms with van der Waals surface area (Å²) >= 11 is 0. The van der Waals surface area contributed by atoms with Crippen molar-refractivity contribution in [1.82, 2.24) is 0 Å². The second kappa shape index (κ2) is 3.46. The highest BCUT2D eigenvalue weighted by atomic mass is 16.5. The molecule has 0 aromatic heterocycles. The fourth-order valence-corrected chi connectivity index (χ4v) is 3.94. The molecule has 2 heteroatoms. The second-order valence-electron chi connectivity index (χ2n) is 5.99. The minimum absolute atomic E-state index is 0.00502. The van der Waals surface area contributed by atoms with Gasteiger partial charge < -0.3 is 9.84 Å². The van der Waals surface area contributed by atoms with Crippen LogP contribution in [-0.4, -0.2) is 24.4 Å². The molecule has 2 nitrogen and oxygen atoms in total. The van der Waals surface area contributed by atoms with Crippen LogP contribution in [0.3, 0.4) is 0 Å². The monoisotopic (exact) mass is 212 g/mol. The molecule has 2 fully saturated rings. The molecule has 2 rings (SSSR count). The van der Waals surface area contributed by atoms with Crippen LogP contribution in [0.25, 0.3) is 0 Å². The van der Waals surface area contributed by atoms with E-state index in [0.717, 1.165) is 18.3 Å². The van der Waals surface area contributed by atoms with Gasteiger partial charge in [0.2, 0.25) is 0 Å². The van der Waals surface area contributed by atoms with E-state index in [9.17, 15) is 5.11 Å². The Balaban J connectivity index is 2.16. The third kappa shape index (κ3) is 1.31. The first kappa shape index (κ1) is 11.4. The van der Waals surface area contributed by atoms with Gasteiger partial charge in [-0.25, -0.2) is 0 Å². The molecule has 2 aliphatic carbocycles. The molecular weight excluding hydrogens is 188 g/mol. The standard InChI is InChI=1S/C13H24O2/c1-9(2)10-5-6-12(3)11(8-14)13(12,7-10)15-4/h9-11,14H,5-8H2,1-4H3/t10-,11-,12+,13+/m1/s1. The van der Waals surface area contributed by atoms with Crippen LogP contribution >= 0.6 is 0 Å². The van der Waals surface area contributed by atoms with Crippen molar-refractivity contribution in [2.45, 2.75) is 45.6 Å². The Morgan fingerprint density at radius 1 is 1.47 bits per heavy atom. The average Bonchev–Trinajstić information content (AvgIpc) is 2.76. The molecule has 4 atom stereocenters. The molecule has 0 heterocycles. The first-order valence-corrected chi connectivity index (χ1v) is 6.18. The van der Waals surface area contributed by atoms with E-state index in [2.05, 4.69) is 20.8 Å². The number of fused-ring (bicyclic) bond motifs is 1. The lowest BCUT2D eigenvalue weighted by Gasteiger charge is -2.34. The Bertz CT molecular complexity index is 251. The second-order valence-corrected chi connectivity index (χ2v) is 5.99. The van der Waals surface area contributed by atoms with E-state index in [4.69, 9.17) is 4.74 Å². The van der Waals surface area contributed by atoms with E-state index >= 15 is 0 Å². The third-order valence-corrected chi connectivity index (χ3v) is 5.30. The largest absolute Gasteiger partial charge is 0.396 e. The van der Waals surface area contributed by atoms with Gasteiger partial charge in [-0.2, -0.15) is 0 Å². The first-order valence-electron chi connectivity index (χ1n) is 6.18. The number of methoxy groups -OCH3 is 1. The van der Waals surface area contributed by atoms with E-state index in [0.29, 0.717) is 5.92 Å². The van der Waals surface area contributed by atoms with Crippen LogP contribution in [0, 0.1) is 23.2 Å². The van der Waals surface area contributed by atoms with Crippen molar-refractivity contribution in [2.75, 3.05) is 13.7 Å². The van der Waals surface area contributed by atoms with Gasteiger partial charge in [0.05, 0.1) is 5.60 Å². The maximum atomic E-state index is 9.44. The summed E-state index contributed by atoms with van der Waals surface area (Å²) in [6.45, 7) is 7.17. The number of hydrogen-bond donors (Lipinski definition) is 1. The van der Waals surface area contributed by atoms with Gasteiger partial charge in [0.15, 0.2) is 0 Å². The van der Waals surface area contributed by atoms with Crippen LogP contribution in [-0.2, 0) is 4.74 Å². The summed E-state index contributed by atoms with van der Waals surface area (Å²) in [6.07, 6.45) is 3.66. The quantitative estimate of drug-likeness (QED) is 0.778. The van der Waals surface area contributed by atoms with Crippen LogP contribution in [0.5, 0.6) is 0 Å². The highest BCUT2D eigenvalue weighted by Gasteiger charge is 2.75. The molecule has 0 saturated heterocycles. The zero-order valence-corrected chi connectivity index (χ0v) is 10.4. The Labute approximate surface area is 93.0 Å². The van der Waals surface area contributed by atoms with Crippen molar-refractivity contribution < 1.29 is 9.84 Å². The maximum absolute atomic E-state index is 9.44. The molecule has 0 spiro atoms. The summed E-state index contributed by atoms with van der Waals surface area (Å²) < 4.78 is 5.78. The smallest absolute Gasteiger partial charge is 0.0795 e.